The van der Waals surface area contributed by atoms with Crippen LogP contribution in [0.4, 0.5) is 0 Å². The highest BCUT2D eigenvalue weighted by atomic mass is 16.2. The maximum absolute atomic E-state index is 12.3. The van der Waals surface area contributed by atoms with Crippen molar-refractivity contribution in [1.82, 2.24) is 4.90 Å². The number of carbonyl (C=O) groups is 1. The molecule has 106 valence electrons. The smallest absolute Gasteiger partial charge is 0.227 e. The molecule has 18 heavy (non-hydrogen) atoms. The molecule has 0 heterocycles. The number of rotatable bonds is 1. The van der Waals surface area contributed by atoms with Crippen LogP contribution in [0.3, 0.4) is 0 Å². The number of carbonyl (C=O) groups excluding carboxylic acids is 1. The summed E-state index contributed by atoms with van der Waals surface area (Å²) in [6.45, 7) is 13.0. The van der Waals surface area contributed by atoms with E-state index in [0.29, 0.717) is 11.5 Å². The first-order chi connectivity index (χ1) is 8.03. The fraction of sp³-hybridized carbons (Fsp3) is 0.938. The van der Waals surface area contributed by atoms with Gasteiger partial charge < -0.3 is 4.90 Å². The number of hydrogen-bond acceptors (Lipinski definition) is 1. The molecule has 0 spiro atoms. The van der Waals surface area contributed by atoms with Gasteiger partial charge in [0.05, 0.1) is 0 Å². The molecule has 0 N–H and O–H groups in total. The van der Waals surface area contributed by atoms with E-state index < -0.39 is 0 Å². The van der Waals surface area contributed by atoms with E-state index >= 15 is 0 Å². The fourth-order valence-electron chi connectivity index (χ4n) is 3.02. The lowest BCUT2D eigenvalue weighted by atomic mass is 9.71. The highest BCUT2D eigenvalue weighted by Gasteiger charge is 2.34. The van der Waals surface area contributed by atoms with Crippen LogP contribution in [0.25, 0.3) is 0 Å². The van der Waals surface area contributed by atoms with Crippen LogP contribution in [0.2, 0.25) is 0 Å². The predicted octanol–water partition coefficient (Wildman–Crippen LogP) is 4.10. The van der Waals surface area contributed by atoms with Gasteiger partial charge in [0.2, 0.25) is 5.91 Å². The number of amides is 1. The molecule has 0 unspecified atom stereocenters. The third-order valence-corrected chi connectivity index (χ3v) is 4.43. The van der Waals surface area contributed by atoms with Crippen LogP contribution >= 0.6 is 0 Å². The van der Waals surface area contributed by atoms with Gasteiger partial charge in [-0.3, -0.25) is 4.79 Å². The van der Waals surface area contributed by atoms with E-state index in [1.54, 1.807) is 0 Å². The Balaban J connectivity index is 2.56. The van der Waals surface area contributed by atoms with E-state index in [1.165, 1.54) is 25.7 Å². The zero-order valence-electron chi connectivity index (χ0n) is 13.3. The molecule has 1 aliphatic rings. The van der Waals surface area contributed by atoms with Crippen LogP contribution in [0.1, 0.15) is 67.2 Å². The molecule has 0 saturated heterocycles. The van der Waals surface area contributed by atoms with Crippen molar-refractivity contribution in [1.29, 1.82) is 0 Å². The van der Waals surface area contributed by atoms with Gasteiger partial charge in [-0.05, 0) is 37.0 Å². The second kappa shape index (κ2) is 5.22. The van der Waals surface area contributed by atoms with Crippen LogP contribution in [0, 0.1) is 16.7 Å². The first-order valence-electron chi connectivity index (χ1n) is 7.30. The maximum atomic E-state index is 12.3. The van der Waals surface area contributed by atoms with Crippen molar-refractivity contribution in [3.63, 3.8) is 0 Å². The summed E-state index contributed by atoms with van der Waals surface area (Å²) >= 11 is 0. The Morgan fingerprint density at radius 2 is 1.39 bits per heavy atom. The first kappa shape index (κ1) is 15.5. The van der Waals surface area contributed by atoms with Crippen molar-refractivity contribution in [2.45, 2.75) is 73.3 Å². The van der Waals surface area contributed by atoms with Crippen LogP contribution in [0.5, 0.6) is 0 Å². The summed E-state index contributed by atoms with van der Waals surface area (Å²) in [6.07, 6.45) is 4.85. The van der Waals surface area contributed by atoms with Gasteiger partial charge in [0.25, 0.3) is 0 Å². The third kappa shape index (κ3) is 3.73. The topological polar surface area (TPSA) is 20.3 Å². The van der Waals surface area contributed by atoms with Gasteiger partial charge in [0.1, 0.15) is 0 Å². The lowest BCUT2D eigenvalue weighted by Crippen LogP contribution is -2.45. The van der Waals surface area contributed by atoms with Gasteiger partial charge in [-0.1, -0.05) is 41.5 Å². The SMILES string of the molecule is CN(C(=O)C(C)(C)C)C1CCC(C(C)(C)C)CC1. The highest BCUT2D eigenvalue weighted by Crippen LogP contribution is 2.39. The Kier molecular flexibility index (Phi) is 4.51. The summed E-state index contributed by atoms with van der Waals surface area (Å²) in [6, 6.07) is 0.454. The van der Waals surface area contributed by atoms with Crippen molar-refractivity contribution < 1.29 is 4.79 Å². The standard InChI is InChI=1S/C16H31NO/c1-15(2,3)12-8-10-13(11-9-12)17(7)14(18)16(4,5)6/h12-13H,8-11H2,1-7H3. The van der Waals surface area contributed by atoms with Crippen molar-refractivity contribution in [3.8, 4) is 0 Å². The molecule has 0 aromatic heterocycles. The minimum absolute atomic E-state index is 0.254. The molecule has 0 aromatic rings. The van der Waals surface area contributed by atoms with E-state index in [1.807, 2.05) is 32.7 Å². The monoisotopic (exact) mass is 253 g/mol. The molecule has 0 bridgehead atoms. The molecule has 0 aromatic carbocycles. The summed E-state index contributed by atoms with van der Waals surface area (Å²) in [5.74, 6) is 1.09. The summed E-state index contributed by atoms with van der Waals surface area (Å²) in [5, 5.41) is 0. The summed E-state index contributed by atoms with van der Waals surface area (Å²) in [4.78, 5) is 14.3. The Labute approximate surface area is 113 Å². The zero-order chi connectivity index (χ0) is 14.1. The Hall–Kier alpha value is -0.530. The molecular weight excluding hydrogens is 222 g/mol. The molecule has 1 amide bonds. The average Bonchev–Trinajstić information content (AvgIpc) is 2.25. The molecular formula is C16H31NO. The second-order valence-electron chi connectivity index (χ2n) is 8.04. The molecule has 2 nitrogen and oxygen atoms in total. The van der Waals surface area contributed by atoms with Crippen LogP contribution < -0.4 is 0 Å². The van der Waals surface area contributed by atoms with E-state index in [0.717, 1.165) is 5.92 Å². The van der Waals surface area contributed by atoms with Gasteiger partial charge in [0, 0.05) is 18.5 Å². The van der Waals surface area contributed by atoms with Crippen molar-refractivity contribution >= 4 is 5.91 Å². The van der Waals surface area contributed by atoms with Crippen LogP contribution in [-0.2, 0) is 4.79 Å². The van der Waals surface area contributed by atoms with Gasteiger partial charge in [-0.2, -0.15) is 0 Å². The molecule has 0 atom stereocenters. The van der Waals surface area contributed by atoms with Gasteiger partial charge in [-0.15, -0.1) is 0 Å². The average molecular weight is 253 g/mol. The van der Waals surface area contributed by atoms with Crippen LogP contribution in [-0.4, -0.2) is 23.9 Å². The van der Waals surface area contributed by atoms with Crippen molar-refractivity contribution in [2.75, 3.05) is 7.05 Å². The molecule has 0 aliphatic heterocycles. The lowest BCUT2D eigenvalue weighted by molar-refractivity contribution is -0.141. The normalized spacial score (nSPS) is 25.9. The predicted molar refractivity (Wildman–Crippen MR) is 77.4 cm³/mol. The molecule has 1 saturated carbocycles. The summed E-state index contributed by atoms with van der Waals surface area (Å²) in [5.41, 5.74) is 0.160. The first-order valence-corrected chi connectivity index (χ1v) is 7.30. The van der Waals surface area contributed by atoms with E-state index in [9.17, 15) is 4.79 Å². The van der Waals surface area contributed by atoms with Crippen molar-refractivity contribution in [3.05, 3.63) is 0 Å². The maximum Gasteiger partial charge on any atom is 0.227 e. The Bertz CT molecular complexity index is 287. The molecule has 1 rings (SSSR count). The van der Waals surface area contributed by atoms with E-state index in [-0.39, 0.29) is 11.3 Å². The largest absolute Gasteiger partial charge is 0.342 e. The minimum Gasteiger partial charge on any atom is -0.342 e. The van der Waals surface area contributed by atoms with Gasteiger partial charge >= 0.3 is 0 Å². The van der Waals surface area contributed by atoms with Crippen molar-refractivity contribution in [2.24, 2.45) is 16.7 Å². The van der Waals surface area contributed by atoms with E-state index in [2.05, 4.69) is 20.8 Å². The second-order valence-corrected chi connectivity index (χ2v) is 8.04. The van der Waals surface area contributed by atoms with Gasteiger partial charge in [0.15, 0.2) is 0 Å². The Morgan fingerprint density at radius 1 is 0.944 bits per heavy atom. The lowest BCUT2D eigenvalue weighted by Gasteiger charge is -2.41. The van der Waals surface area contributed by atoms with Crippen LogP contribution in [0.15, 0.2) is 0 Å². The van der Waals surface area contributed by atoms with E-state index in [4.69, 9.17) is 0 Å². The fourth-order valence-corrected chi connectivity index (χ4v) is 3.02. The Morgan fingerprint density at radius 3 is 1.72 bits per heavy atom. The third-order valence-electron chi connectivity index (χ3n) is 4.43. The molecule has 0 radical (unpaired) electrons. The highest BCUT2D eigenvalue weighted by molar-refractivity contribution is 5.81. The quantitative estimate of drug-likeness (QED) is 0.689. The molecule has 2 heteroatoms. The summed E-state index contributed by atoms with van der Waals surface area (Å²) in [7, 11) is 1.98. The minimum atomic E-state index is -0.254. The summed E-state index contributed by atoms with van der Waals surface area (Å²) < 4.78 is 0. The number of hydrogen-bond donors (Lipinski definition) is 0. The number of nitrogens with zero attached hydrogens (tertiary/aromatic N) is 1. The molecule has 1 fully saturated rings. The molecule has 1 aliphatic carbocycles. The zero-order valence-corrected chi connectivity index (χ0v) is 13.3. The van der Waals surface area contributed by atoms with Gasteiger partial charge in [-0.25, -0.2) is 0 Å².